The van der Waals surface area contributed by atoms with Gasteiger partial charge in [-0.05, 0) is 36.8 Å². The number of nitro benzene ring substituents is 1. The van der Waals surface area contributed by atoms with Gasteiger partial charge in [0.15, 0.2) is 0 Å². The highest BCUT2D eigenvalue weighted by atomic mass is 32.2. The van der Waals surface area contributed by atoms with Gasteiger partial charge in [-0.2, -0.15) is 0 Å². The molecule has 0 aliphatic heterocycles. The minimum Gasteiger partial charge on any atom is -0.481 e. The van der Waals surface area contributed by atoms with Gasteiger partial charge in [-0.15, -0.1) is 11.8 Å². The summed E-state index contributed by atoms with van der Waals surface area (Å²) < 4.78 is 13.4. The van der Waals surface area contributed by atoms with Gasteiger partial charge in [-0.3, -0.25) is 14.9 Å². The van der Waals surface area contributed by atoms with Crippen LogP contribution in [0.2, 0.25) is 0 Å². The van der Waals surface area contributed by atoms with Crippen LogP contribution in [0.3, 0.4) is 0 Å². The van der Waals surface area contributed by atoms with Crippen molar-refractivity contribution in [2.75, 3.05) is 5.75 Å². The summed E-state index contributed by atoms with van der Waals surface area (Å²) in [4.78, 5) is 21.5. The maximum absolute atomic E-state index is 13.4. The molecule has 5 nitrogen and oxygen atoms in total. The van der Waals surface area contributed by atoms with Crippen molar-refractivity contribution in [2.45, 2.75) is 31.1 Å². The Bertz CT molecular complexity index is 572. The van der Waals surface area contributed by atoms with Gasteiger partial charge in [0.1, 0.15) is 5.82 Å². The van der Waals surface area contributed by atoms with Crippen molar-refractivity contribution in [2.24, 2.45) is 5.41 Å². The summed E-state index contributed by atoms with van der Waals surface area (Å²) >= 11 is 1.24. The Morgan fingerprint density at radius 1 is 1.55 bits per heavy atom. The first-order valence-electron chi connectivity index (χ1n) is 6.12. The Balaban J connectivity index is 2.15. The Kier molecular flexibility index (Phi) is 3.99. The van der Waals surface area contributed by atoms with Crippen molar-refractivity contribution in [1.82, 2.24) is 0 Å². The number of nitrogens with zero attached hydrogens (tertiary/aromatic N) is 1. The highest BCUT2D eigenvalue weighted by Crippen LogP contribution is 2.52. The average Bonchev–Trinajstić information content (AvgIpc) is 3.09. The van der Waals surface area contributed by atoms with Crippen molar-refractivity contribution in [3.05, 3.63) is 33.6 Å². The van der Waals surface area contributed by atoms with Gasteiger partial charge in [0.25, 0.3) is 5.69 Å². The number of carbonyl (C=O) groups is 1. The number of carboxylic acids is 1. The number of nitro groups is 1. The minimum absolute atomic E-state index is 0.0774. The molecule has 1 fully saturated rings. The third kappa shape index (κ3) is 3.27. The number of hydrogen-bond donors (Lipinski definition) is 1. The molecule has 1 aliphatic rings. The van der Waals surface area contributed by atoms with Gasteiger partial charge in [0, 0.05) is 5.75 Å². The van der Waals surface area contributed by atoms with E-state index in [-0.39, 0.29) is 17.5 Å². The largest absolute Gasteiger partial charge is 0.481 e. The molecule has 0 amide bonds. The highest BCUT2D eigenvalue weighted by Gasteiger charge is 2.44. The molecule has 7 heteroatoms. The van der Waals surface area contributed by atoms with E-state index < -0.39 is 16.7 Å². The molecule has 0 unspecified atom stereocenters. The molecule has 1 saturated carbocycles. The van der Waals surface area contributed by atoms with Crippen LogP contribution in [0.5, 0.6) is 0 Å². The van der Waals surface area contributed by atoms with Gasteiger partial charge in [0.2, 0.25) is 0 Å². The summed E-state index contributed by atoms with van der Waals surface area (Å²) in [6.45, 7) is 1.55. The number of aliphatic carboxylic acids is 1. The molecule has 0 saturated heterocycles. The lowest BCUT2D eigenvalue weighted by Gasteiger charge is -2.12. The lowest BCUT2D eigenvalue weighted by Crippen LogP contribution is -2.11. The van der Waals surface area contributed by atoms with Crippen LogP contribution >= 0.6 is 11.8 Å². The third-order valence-electron chi connectivity index (χ3n) is 3.45. The van der Waals surface area contributed by atoms with Gasteiger partial charge in [-0.25, -0.2) is 4.39 Å². The Labute approximate surface area is 119 Å². The molecule has 1 aromatic rings. The molecule has 0 aromatic heterocycles. The first-order chi connectivity index (χ1) is 9.33. The molecular formula is C13H14FNO4S. The number of aryl methyl sites for hydroxylation is 1. The number of benzene rings is 1. The van der Waals surface area contributed by atoms with E-state index in [0.717, 1.165) is 18.9 Å². The predicted octanol–water partition coefficient (Wildman–Crippen LogP) is 3.39. The fraction of sp³-hybridized carbons (Fsp3) is 0.462. The van der Waals surface area contributed by atoms with Crippen molar-refractivity contribution in [3.63, 3.8) is 0 Å². The number of thioether (sulfide) groups is 1. The van der Waals surface area contributed by atoms with Gasteiger partial charge in [-0.1, -0.05) is 0 Å². The average molecular weight is 299 g/mol. The lowest BCUT2D eigenvalue weighted by atomic mass is 10.1. The monoisotopic (exact) mass is 299 g/mol. The molecule has 1 aliphatic carbocycles. The first kappa shape index (κ1) is 14.8. The van der Waals surface area contributed by atoms with Crippen LogP contribution < -0.4 is 0 Å². The Hall–Kier alpha value is -1.63. The first-order valence-corrected chi connectivity index (χ1v) is 7.11. The Morgan fingerprint density at radius 2 is 2.20 bits per heavy atom. The topological polar surface area (TPSA) is 80.4 Å². The molecule has 0 atom stereocenters. The summed E-state index contributed by atoms with van der Waals surface area (Å²) in [7, 11) is 0. The molecule has 0 bridgehead atoms. The third-order valence-corrected chi connectivity index (χ3v) is 4.85. The molecule has 0 spiro atoms. The van der Waals surface area contributed by atoms with E-state index in [1.807, 2.05) is 0 Å². The van der Waals surface area contributed by atoms with Gasteiger partial charge in [0.05, 0.1) is 22.3 Å². The van der Waals surface area contributed by atoms with E-state index in [4.69, 9.17) is 5.11 Å². The van der Waals surface area contributed by atoms with E-state index in [1.54, 1.807) is 6.92 Å². The minimum atomic E-state index is -0.854. The summed E-state index contributed by atoms with van der Waals surface area (Å²) in [5.41, 5.74) is -0.169. The summed E-state index contributed by atoms with van der Waals surface area (Å²) in [5, 5.41) is 19.8. The standard InChI is InChI=1S/C13H14FNO4S/c1-8-4-11(10(15(18)19)5-9(8)14)20-7-13(2-3-13)6-12(16)17/h4-5H,2-3,6-7H2,1H3,(H,16,17). The van der Waals surface area contributed by atoms with E-state index in [0.29, 0.717) is 16.2 Å². The van der Waals surface area contributed by atoms with E-state index in [9.17, 15) is 19.3 Å². The lowest BCUT2D eigenvalue weighted by molar-refractivity contribution is -0.387. The van der Waals surface area contributed by atoms with E-state index >= 15 is 0 Å². The van der Waals surface area contributed by atoms with Crippen molar-refractivity contribution < 1.29 is 19.2 Å². The van der Waals surface area contributed by atoms with Crippen LogP contribution in [0.1, 0.15) is 24.8 Å². The molecule has 0 radical (unpaired) electrons. The second-order valence-electron chi connectivity index (χ2n) is 5.19. The highest BCUT2D eigenvalue weighted by molar-refractivity contribution is 7.99. The maximum Gasteiger partial charge on any atom is 0.303 e. The van der Waals surface area contributed by atoms with Crippen LogP contribution in [-0.2, 0) is 4.79 Å². The van der Waals surface area contributed by atoms with Gasteiger partial charge >= 0.3 is 5.97 Å². The van der Waals surface area contributed by atoms with Crippen LogP contribution in [0.25, 0.3) is 0 Å². The van der Waals surface area contributed by atoms with Crippen molar-refractivity contribution in [3.8, 4) is 0 Å². The fourth-order valence-corrected chi connectivity index (χ4v) is 3.40. The zero-order valence-corrected chi connectivity index (χ0v) is 11.7. The normalized spacial score (nSPS) is 15.9. The van der Waals surface area contributed by atoms with Crippen LogP contribution in [-0.4, -0.2) is 21.8 Å². The number of hydrogen-bond acceptors (Lipinski definition) is 4. The molecule has 0 heterocycles. The van der Waals surface area contributed by atoms with Gasteiger partial charge < -0.3 is 5.11 Å². The molecular weight excluding hydrogens is 285 g/mol. The number of rotatable bonds is 6. The molecule has 1 N–H and O–H groups in total. The van der Waals surface area contributed by atoms with Crippen molar-refractivity contribution in [1.29, 1.82) is 0 Å². The van der Waals surface area contributed by atoms with Crippen LogP contribution in [0, 0.1) is 28.3 Å². The maximum atomic E-state index is 13.4. The molecule has 108 valence electrons. The quantitative estimate of drug-likeness (QED) is 0.494. The second-order valence-corrected chi connectivity index (χ2v) is 6.20. The smallest absolute Gasteiger partial charge is 0.303 e. The Morgan fingerprint density at radius 3 is 2.70 bits per heavy atom. The van der Waals surface area contributed by atoms with Crippen LogP contribution in [0.4, 0.5) is 10.1 Å². The van der Waals surface area contributed by atoms with E-state index in [1.165, 1.54) is 17.8 Å². The second kappa shape index (κ2) is 5.40. The number of carboxylic acid groups (broad SMARTS) is 1. The zero-order valence-electron chi connectivity index (χ0n) is 10.9. The molecule has 2 rings (SSSR count). The summed E-state index contributed by atoms with van der Waals surface area (Å²) in [5.74, 6) is -0.953. The number of halogens is 1. The zero-order chi connectivity index (χ0) is 14.9. The predicted molar refractivity (Wildman–Crippen MR) is 72.4 cm³/mol. The molecule has 1 aromatic carbocycles. The van der Waals surface area contributed by atoms with Crippen LogP contribution in [0.15, 0.2) is 17.0 Å². The fourth-order valence-electron chi connectivity index (χ4n) is 2.00. The van der Waals surface area contributed by atoms with Crippen molar-refractivity contribution >= 4 is 23.4 Å². The molecule has 20 heavy (non-hydrogen) atoms. The summed E-state index contributed by atoms with van der Waals surface area (Å²) in [6.07, 6.45) is 1.72. The SMILES string of the molecule is Cc1cc(SCC2(CC(=O)O)CC2)c([N+](=O)[O-])cc1F. The summed E-state index contributed by atoms with van der Waals surface area (Å²) in [6, 6.07) is 2.38. The van der Waals surface area contributed by atoms with E-state index in [2.05, 4.69) is 0 Å².